The summed E-state index contributed by atoms with van der Waals surface area (Å²) < 4.78 is 0. The second kappa shape index (κ2) is 5.91. The molecule has 0 radical (unpaired) electrons. The monoisotopic (exact) mass is 268 g/mol. The van der Waals surface area contributed by atoms with E-state index in [0.29, 0.717) is 12.6 Å². The lowest BCUT2D eigenvalue weighted by molar-refractivity contribution is 0.283. The Hall–Kier alpha value is -0.770. The maximum atomic E-state index is 9.20. The Kier molecular flexibility index (Phi) is 4.49. The Bertz CT molecular complexity index is 405. The fourth-order valence-electron chi connectivity index (χ4n) is 2.35. The van der Waals surface area contributed by atoms with Crippen molar-refractivity contribution in [3.05, 3.63) is 28.8 Å². The van der Waals surface area contributed by atoms with E-state index in [2.05, 4.69) is 4.90 Å². The molecule has 1 aromatic rings. The SMILES string of the molecule is C[C@@H](N)c1ccc(N(CCO)C2CCC2)c(Cl)c1. The van der Waals surface area contributed by atoms with Gasteiger partial charge in [-0.15, -0.1) is 0 Å². The van der Waals surface area contributed by atoms with Gasteiger partial charge in [0.2, 0.25) is 0 Å². The Morgan fingerprint density at radius 2 is 2.22 bits per heavy atom. The fraction of sp³-hybridized carbons (Fsp3) is 0.571. The highest BCUT2D eigenvalue weighted by Crippen LogP contribution is 2.34. The second-order valence-electron chi connectivity index (χ2n) is 5.00. The average Bonchev–Trinajstić information content (AvgIpc) is 2.26. The van der Waals surface area contributed by atoms with Gasteiger partial charge < -0.3 is 15.7 Å². The van der Waals surface area contributed by atoms with Crippen LogP contribution in [0.5, 0.6) is 0 Å². The standard InChI is InChI=1S/C14H21ClN2O/c1-10(16)11-5-6-14(13(15)9-11)17(7-8-18)12-3-2-4-12/h5-6,9-10,12,18H,2-4,7-8,16H2,1H3/t10-/m1/s1. The van der Waals surface area contributed by atoms with Gasteiger partial charge in [0.05, 0.1) is 17.3 Å². The maximum Gasteiger partial charge on any atom is 0.0643 e. The van der Waals surface area contributed by atoms with Crippen LogP contribution in [0.4, 0.5) is 5.69 Å². The molecular formula is C14H21ClN2O. The van der Waals surface area contributed by atoms with Crippen LogP contribution in [0.3, 0.4) is 0 Å². The van der Waals surface area contributed by atoms with Crippen LogP contribution in [0.25, 0.3) is 0 Å². The summed E-state index contributed by atoms with van der Waals surface area (Å²) in [5.41, 5.74) is 7.91. The number of hydrogen-bond acceptors (Lipinski definition) is 3. The van der Waals surface area contributed by atoms with Crippen LogP contribution in [0.1, 0.15) is 37.8 Å². The first kappa shape index (κ1) is 13.7. The van der Waals surface area contributed by atoms with E-state index in [9.17, 15) is 5.11 Å². The van der Waals surface area contributed by atoms with Crippen molar-refractivity contribution in [1.29, 1.82) is 0 Å². The van der Waals surface area contributed by atoms with E-state index in [4.69, 9.17) is 17.3 Å². The predicted molar refractivity (Wildman–Crippen MR) is 76.1 cm³/mol. The molecule has 0 heterocycles. The van der Waals surface area contributed by atoms with E-state index in [1.807, 2.05) is 25.1 Å². The molecule has 3 N–H and O–H groups in total. The van der Waals surface area contributed by atoms with Crippen LogP contribution in [0.2, 0.25) is 5.02 Å². The van der Waals surface area contributed by atoms with E-state index in [1.165, 1.54) is 19.3 Å². The van der Waals surface area contributed by atoms with Crippen LogP contribution in [0.15, 0.2) is 18.2 Å². The van der Waals surface area contributed by atoms with Crippen molar-refractivity contribution in [1.82, 2.24) is 0 Å². The van der Waals surface area contributed by atoms with Crippen molar-refractivity contribution >= 4 is 17.3 Å². The zero-order chi connectivity index (χ0) is 13.1. The van der Waals surface area contributed by atoms with Crippen molar-refractivity contribution in [2.75, 3.05) is 18.1 Å². The third kappa shape index (κ3) is 2.79. The van der Waals surface area contributed by atoms with E-state index in [-0.39, 0.29) is 12.6 Å². The minimum absolute atomic E-state index is 0.00783. The normalized spacial score (nSPS) is 17.3. The first-order valence-corrected chi connectivity index (χ1v) is 6.94. The van der Waals surface area contributed by atoms with Crippen molar-refractivity contribution in [3.8, 4) is 0 Å². The van der Waals surface area contributed by atoms with E-state index in [1.54, 1.807) is 0 Å². The molecule has 18 heavy (non-hydrogen) atoms. The average molecular weight is 269 g/mol. The summed E-state index contributed by atoms with van der Waals surface area (Å²) in [6.07, 6.45) is 3.64. The quantitative estimate of drug-likeness (QED) is 0.863. The number of nitrogens with zero attached hydrogens (tertiary/aromatic N) is 1. The number of rotatable bonds is 5. The number of halogens is 1. The topological polar surface area (TPSA) is 49.5 Å². The third-order valence-corrected chi connectivity index (χ3v) is 3.97. The second-order valence-corrected chi connectivity index (χ2v) is 5.41. The molecule has 0 saturated heterocycles. The molecule has 3 nitrogen and oxygen atoms in total. The van der Waals surface area contributed by atoms with E-state index < -0.39 is 0 Å². The Morgan fingerprint density at radius 1 is 1.50 bits per heavy atom. The molecule has 1 fully saturated rings. The van der Waals surface area contributed by atoms with E-state index >= 15 is 0 Å². The first-order chi connectivity index (χ1) is 8.63. The molecule has 0 spiro atoms. The molecule has 0 unspecified atom stereocenters. The third-order valence-electron chi connectivity index (χ3n) is 3.66. The lowest BCUT2D eigenvalue weighted by Crippen LogP contribution is -2.42. The van der Waals surface area contributed by atoms with Gasteiger partial charge >= 0.3 is 0 Å². The number of nitrogens with two attached hydrogens (primary N) is 1. The molecule has 1 aromatic carbocycles. The minimum Gasteiger partial charge on any atom is -0.395 e. The summed E-state index contributed by atoms with van der Waals surface area (Å²) in [7, 11) is 0. The van der Waals surface area contributed by atoms with Gasteiger partial charge in [0, 0.05) is 18.6 Å². The summed E-state index contributed by atoms with van der Waals surface area (Å²) in [5.74, 6) is 0. The van der Waals surface area contributed by atoms with Crippen LogP contribution in [-0.2, 0) is 0 Å². The van der Waals surface area contributed by atoms with Gasteiger partial charge in [-0.1, -0.05) is 17.7 Å². The van der Waals surface area contributed by atoms with Crippen molar-refractivity contribution in [2.45, 2.75) is 38.3 Å². The highest BCUT2D eigenvalue weighted by molar-refractivity contribution is 6.33. The number of hydrogen-bond donors (Lipinski definition) is 2. The number of aliphatic hydroxyl groups excluding tert-OH is 1. The molecule has 0 aliphatic heterocycles. The predicted octanol–water partition coefficient (Wildman–Crippen LogP) is 2.71. The molecule has 0 amide bonds. The molecule has 1 atom stereocenters. The van der Waals surface area contributed by atoms with Gasteiger partial charge in [-0.25, -0.2) is 0 Å². The highest BCUT2D eigenvalue weighted by Gasteiger charge is 2.26. The molecule has 0 aromatic heterocycles. The number of aliphatic hydroxyl groups is 1. The summed E-state index contributed by atoms with van der Waals surface area (Å²) in [6, 6.07) is 6.50. The summed E-state index contributed by atoms with van der Waals surface area (Å²) in [6.45, 7) is 2.74. The zero-order valence-electron chi connectivity index (χ0n) is 10.8. The summed E-state index contributed by atoms with van der Waals surface area (Å²) in [4.78, 5) is 2.22. The van der Waals surface area contributed by atoms with Gasteiger partial charge in [0.15, 0.2) is 0 Å². The molecule has 1 aliphatic rings. The Morgan fingerprint density at radius 3 is 2.67 bits per heavy atom. The van der Waals surface area contributed by atoms with Crippen molar-refractivity contribution in [2.24, 2.45) is 5.73 Å². The van der Waals surface area contributed by atoms with Crippen molar-refractivity contribution in [3.63, 3.8) is 0 Å². The molecule has 1 aliphatic carbocycles. The number of anilines is 1. The highest BCUT2D eigenvalue weighted by atomic mass is 35.5. The summed E-state index contributed by atoms with van der Waals surface area (Å²) >= 11 is 6.35. The zero-order valence-corrected chi connectivity index (χ0v) is 11.5. The van der Waals surface area contributed by atoms with Crippen LogP contribution < -0.4 is 10.6 Å². The van der Waals surface area contributed by atoms with Gasteiger partial charge in [0.25, 0.3) is 0 Å². The van der Waals surface area contributed by atoms with E-state index in [0.717, 1.165) is 16.3 Å². The van der Waals surface area contributed by atoms with Crippen LogP contribution >= 0.6 is 11.6 Å². The van der Waals surface area contributed by atoms with Gasteiger partial charge in [-0.3, -0.25) is 0 Å². The maximum absolute atomic E-state index is 9.20. The van der Waals surface area contributed by atoms with Gasteiger partial charge in [0.1, 0.15) is 0 Å². The van der Waals surface area contributed by atoms with Crippen LogP contribution in [0, 0.1) is 0 Å². The van der Waals surface area contributed by atoms with Gasteiger partial charge in [-0.2, -0.15) is 0 Å². The van der Waals surface area contributed by atoms with Gasteiger partial charge in [-0.05, 0) is 43.9 Å². The first-order valence-electron chi connectivity index (χ1n) is 6.56. The minimum atomic E-state index is -0.00783. The number of benzene rings is 1. The van der Waals surface area contributed by atoms with Crippen molar-refractivity contribution < 1.29 is 5.11 Å². The molecule has 100 valence electrons. The lowest BCUT2D eigenvalue weighted by atomic mass is 9.91. The lowest BCUT2D eigenvalue weighted by Gasteiger charge is -2.39. The summed E-state index contributed by atoms with van der Waals surface area (Å²) in [5, 5.41) is 9.92. The smallest absolute Gasteiger partial charge is 0.0643 e. The fourth-order valence-corrected chi connectivity index (χ4v) is 2.64. The molecule has 2 rings (SSSR count). The molecule has 4 heteroatoms. The largest absolute Gasteiger partial charge is 0.395 e. The molecule has 1 saturated carbocycles. The molecule has 0 bridgehead atoms. The Balaban J connectivity index is 2.23. The van der Waals surface area contributed by atoms with Crippen LogP contribution in [-0.4, -0.2) is 24.3 Å². The Labute approximate surface area is 114 Å². The molecular weight excluding hydrogens is 248 g/mol.